The normalized spacial score (nSPS) is 14.9. The maximum atomic E-state index is 12.0. The predicted octanol–water partition coefficient (Wildman–Crippen LogP) is 0.804. The minimum absolute atomic E-state index is 0.0956. The molecular weight excluding hydrogens is 326 g/mol. The van der Waals surface area contributed by atoms with E-state index >= 15 is 0 Å². The summed E-state index contributed by atoms with van der Waals surface area (Å²) in [7, 11) is -4.50. The molecule has 0 unspecified atom stereocenters. The summed E-state index contributed by atoms with van der Waals surface area (Å²) in [5.74, 6) is -2.61. The molecular formula is C14H15NO7S. The lowest BCUT2D eigenvalue weighted by Gasteiger charge is -2.22. The molecule has 0 aliphatic carbocycles. The Morgan fingerprint density at radius 2 is 1.87 bits per heavy atom. The lowest BCUT2D eigenvalue weighted by molar-refractivity contribution is -0.153. The van der Waals surface area contributed by atoms with Crippen LogP contribution in [0.4, 0.5) is 5.69 Å². The van der Waals surface area contributed by atoms with Gasteiger partial charge in [0.25, 0.3) is 21.8 Å². The Hall–Kier alpha value is -2.26. The third kappa shape index (κ3) is 3.57. The first-order valence-corrected chi connectivity index (χ1v) is 8.04. The van der Waals surface area contributed by atoms with Crippen molar-refractivity contribution in [3.63, 3.8) is 0 Å². The van der Waals surface area contributed by atoms with Crippen molar-refractivity contribution in [2.45, 2.75) is 31.3 Å². The van der Waals surface area contributed by atoms with Crippen LogP contribution in [0, 0.1) is 0 Å². The molecule has 0 aromatic heterocycles. The van der Waals surface area contributed by atoms with E-state index in [4.69, 9.17) is 9.29 Å². The first-order valence-electron chi connectivity index (χ1n) is 6.60. The molecule has 0 saturated carbocycles. The summed E-state index contributed by atoms with van der Waals surface area (Å²) in [6.07, 6.45) is 0. The highest BCUT2D eigenvalue weighted by molar-refractivity contribution is 7.85. The van der Waals surface area contributed by atoms with Crippen LogP contribution in [0.15, 0.2) is 23.1 Å². The molecule has 1 N–H and O–H groups in total. The number of nitrogens with zero attached hydrogens (tertiary/aromatic N) is 1. The minimum Gasteiger partial charge on any atom is -0.459 e. The fraction of sp³-hybridized carbons (Fsp3) is 0.357. The average molecular weight is 341 g/mol. The molecule has 1 aromatic rings. The van der Waals surface area contributed by atoms with Crippen LogP contribution in [0.5, 0.6) is 0 Å². The molecule has 1 aromatic carbocycles. The van der Waals surface area contributed by atoms with Crippen LogP contribution < -0.4 is 4.90 Å². The van der Waals surface area contributed by atoms with Gasteiger partial charge in [0, 0.05) is 0 Å². The summed E-state index contributed by atoms with van der Waals surface area (Å²) in [6.45, 7) is 4.51. The Kier molecular flexibility index (Phi) is 4.03. The minimum atomic E-state index is -4.50. The fourth-order valence-corrected chi connectivity index (χ4v) is 2.61. The number of carbonyl (C=O) groups is 3. The standard InChI is InChI=1S/C14H15NO7S/c1-14(2,3)22-11(16)7-15-10-5-4-8(23(19,20)21)6-9(10)12(17)13(15)18/h4-6H,7H2,1-3H3,(H,19,20,21). The molecule has 0 spiro atoms. The molecule has 1 aliphatic heterocycles. The van der Waals surface area contributed by atoms with Crippen molar-refractivity contribution in [1.82, 2.24) is 0 Å². The van der Waals surface area contributed by atoms with Gasteiger partial charge in [-0.2, -0.15) is 8.42 Å². The van der Waals surface area contributed by atoms with Gasteiger partial charge in [-0.05, 0) is 39.0 Å². The molecule has 124 valence electrons. The molecule has 0 fully saturated rings. The van der Waals surface area contributed by atoms with Crippen molar-refractivity contribution in [3.05, 3.63) is 23.8 Å². The summed E-state index contributed by atoms with van der Waals surface area (Å²) >= 11 is 0. The number of ketones is 1. The van der Waals surface area contributed by atoms with Crippen molar-refractivity contribution in [1.29, 1.82) is 0 Å². The van der Waals surface area contributed by atoms with E-state index in [0.29, 0.717) is 0 Å². The average Bonchev–Trinajstić information content (AvgIpc) is 2.60. The van der Waals surface area contributed by atoms with Crippen LogP contribution in [0.2, 0.25) is 0 Å². The SMILES string of the molecule is CC(C)(C)OC(=O)CN1C(=O)C(=O)c2cc(S(=O)(=O)O)ccc21. The number of anilines is 1. The molecule has 0 atom stereocenters. The first-order chi connectivity index (χ1) is 10.4. The highest BCUT2D eigenvalue weighted by Gasteiger charge is 2.38. The lowest BCUT2D eigenvalue weighted by Crippen LogP contribution is -2.38. The van der Waals surface area contributed by atoms with Gasteiger partial charge in [0.2, 0.25) is 0 Å². The number of fused-ring (bicyclic) bond motifs is 1. The Labute approximate surface area is 132 Å². The van der Waals surface area contributed by atoms with Crippen molar-refractivity contribution in [2.75, 3.05) is 11.4 Å². The van der Waals surface area contributed by atoms with Gasteiger partial charge in [0.1, 0.15) is 12.1 Å². The maximum Gasteiger partial charge on any atom is 0.326 e. The third-order valence-electron chi connectivity index (χ3n) is 2.95. The zero-order chi connectivity index (χ0) is 17.6. The molecule has 1 amide bonds. The number of esters is 1. The van der Waals surface area contributed by atoms with E-state index < -0.39 is 44.8 Å². The second kappa shape index (κ2) is 5.43. The highest BCUT2D eigenvalue weighted by Crippen LogP contribution is 2.31. The summed E-state index contributed by atoms with van der Waals surface area (Å²) < 4.78 is 36.3. The molecule has 1 heterocycles. The van der Waals surface area contributed by atoms with E-state index in [1.54, 1.807) is 20.8 Å². The van der Waals surface area contributed by atoms with Crippen LogP contribution >= 0.6 is 0 Å². The lowest BCUT2D eigenvalue weighted by atomic mass is 10.1. The fourth-order valence-electron chi connectivity index (χ4n) is 2.10. The Bertz CT molecular complexity index is 805. The zero-order valence-electron chi connectivity index (χ0n) is 12.7. The summed E-state index contributed by atoms with van der Waals surface area (Å²) in [5.41, 5.74) is -0.839. The zero-order valence-corrected chi connectivity index (χ0v) is 13.5. The van der Waals surface area contributed by atoms with Crippen molar-refractivity contribution >= 4 is 33.5 Å². The quantitative estimate of drug-likeness (QED) is 0.491. The monoisotopic (exact) mass is 341 g/mol. The maximum absolute atomic E-state index is 12.0. The Morgan fingerprint density at radius 1 is 1.26 bits per heavy atom. The van der Waals surface area contributed by atoms with Crippen LogP contribution in [0.3, 0.4) is 0 Å². The van der Waals surface area contributed by atoms with Crippen molar-refractivity contribution in [2.24, 2.45) is 0 Å². The second-order valence-electron chi connectivity index (χ2n) is 5.96. The van der Waals surface area contributed by atoms with Gasteiger partial charge in [0.15, 0.2) is 0 Å². The highest BCUT2D eigenvalue weighted by atomic mass is 32.2. The largest absolute Gasteiger partial charge is 0.459 e. The number of rotatable bonds is 3. The van der Waals surface area contributed by atoms with Crippen LogP contribution in [-0.2, 0) is 24.4 Å². The third-order valence-corrected chi connectivity index (χ3v) is 3.80. The Morgan fingerprint density at radius 3 is 2.39 bits per heavy atom. The molecule has 0 saturated heterocycles. The molecule has 23 heavy (non-hydrogen) atoms. The topological polar surface area (TPSA) is 118 Å². The molecule has 9 heteroatoms. The molecule has 8 nitrogen and oxygen atoms in total. The summed E-state index contributed by atoms with van der Waals surface area (Å²) in [5, 5.41) is 0. The van der Waals surface area contributed by atoms with E-state index in [2.05, 4.69) is 0 Å². The number of carbonyl (C=O) groups excluding carboxylic acids is 3. The van der Waals surface area contributed by atoms with E-state index in [0.717, 1.165) is 17.0 Å². The van der Waals surface area contributed by atoms with Crippen LogP contribution in [-0.4, -0.2) is 42.8 Å². The van der Waals surface area contributed by atoms with Gasteiger partial charge in [-0.1, -0.05) is 0 Å². The van der Waals surface area contributed by atoms with Gasteiger partial charge in [0.05, 0.1) is 16.1 Å². The molecule has 0 bridgehead atoms. The number of hydrogen-bond donors (Lipinski definition) is 1. The number of ether oxygens (including phenoxy) is 1. The van der Waals surface area contributed by atoms with E-state index in [1.165, 1.54) is 6.07 Å². The number of amides is 1. The molecule has 1 aliphatic rings. The summed E-state index contributed by atoms with van der Waals surface area (Å²) in [4.78, 5) is 36.2. The van der Waals surface area contributed by atoms with Gasteiger partial charge in [-0.3, -0.25) is 23.8 Å². The van der Waals surface area contributed by atoms with Crippen molar-refractivity contribution < 1.29 is 32.1 Å². The summed E-state index contributed by atoms with van der Waals surface area (Å²) in [6, 6.07) is 3.13. The van der Waals surface area contributed by atoms with E-state index in [1.807, 2.05) is 0 Å². The number of Topliss-reactive ketones (excluding diaryl/α,β-unsaturated/α-hetero) is 1. The smallest absolute Gasteiger partial charge is 0.326 e. The van der Waals surface area contributed by atoms with Gasteiger partial charge in [-0.15, -0.1) is 0 Å². The van der Waals surface area contributed by atoms with Gasteiger partial charge in [-0.25, -0.2) is 0 Å². The molecule has 0 radical (unpaired) electrons. The number of benzene rings is 1. The first kappa shape index (κ1) is 17.1. The Balaban J connectivity index is 2.35. The van der Waals surface area contributed by atoms with E-state index in [9.17, 15) is 22.8 Å². The van der Waals surface area contributed by atoms with E-state index in [-0.39, 0.29) is 11.3 Å². The van der Waals surface area contributed by atoms with Gasteiger partial charge >= 0.3 is 5.97 Å². The number of hydrogen-bond acceptors (Lipinski definition) is 6. The van der Waals surface area contributed by atoms with Crippen molar-refractivity contribution in [3.8, 4) is 0 Å². The van der Waals surface area contributed by atoms with Crippen LogP contribution in [0.25, 0.3) is 0 Å². The molecule has 2 rings (SSSR count). The van der Waals surface area contributed by atoms with Gasteiger partial charge < -0.3 is 4.74 Å². The second-order valence-corrected chi connectivity index (χ2v) is 7.38. The predicted molar refractivity (Wildman–Crippen MR) is 78.8 cm³/mol. The van der Waals surface area contributed by atoms with Crippen LogP contribution in [0.1, 0.15) is 31.1 Å².